The number of hydrogen-bond acceptors (Lipinski definition) is 3. The monoisotopic (exact) mass is 373 g/mol. The molecule has 3 aromatic rings. The van der Waals surface area contributed by atoms with Gasteiger partial charge in [0.25, 0.3) is 0 Å². The van der Waals surface area contributed by atoms with Crippen LogP contribution in [0.1, 0.15) is 12.5 Å². The maximum absolute atomic E-state index is 13.3. The number of alkyl halides is 3. The van der Waals surface area contributed by atoms with Crippen molar-refractivity contribution >= 4 is 11.7 Å². The van der Waals surface area contributed by atoms with Gasteiger partial charge in [0.05, 0.1) is 5.56 Å². The number of halogens is 3. The Labute approximate surface area is 151 Å². The highest BCUT2D eigenvalue weighted by Gasteiger charge is 2.33. The predicted molar refractivity (Wildman–Crippen MR) is 95.0 cm³/mol. The Morgan fingerprint density at radius 1 is 1.07 bits per heavy atom. The van der Waals surface area contributed by atoms with Crippen molar-refractivity contribution in [3.63, 3.8) is 0 Å². The van der Waals surface area contributed by atoms with Crippen LogP contribution in [0.2, 0.25) is 0 Å². The van der Waals surface area contributed by atoms with Gasteiger partial charge in [0, 0.05) is 30.4 Å². The Hall–Kier alpha value is -3.42. The first-order valence-electron chi connectivity index (χ1n) is 7.89. The third kappa shape index (κ3) is 4.22. The molecule has 1 aromatic carbocycles. The lowest BCUT2D eigenvalue weighted by Gasteiger charge is -2.13. The Balaban J connectivity index is 2.12. The van der Waals surface area contributed by atoms with Gasteiger partial charge in [-0.25, -0.2) is 4.98 Å². The molecule has 3 rings (SSSR count). The zero-order chi connectivity index (χ0) is 19.6. The number of pyridine rings is 2. The summed E-state index contributed by atoms with van der Waals surface area (Å²) in [5, 5.41) is 2.52. The second kappa shape index (κ2) is 7.06. The maximum Gasteiger partial charge on any atom is 0.417 e. The van der Waals surface area contributed by atoms with E-state index in [1.165, 1.54) is 49.5 Å². The zero-order valence-corrected chi connectivity index (χ0v) is 14.1. The SMILES string of the molecule is CC(=O)Nc1cc(-c2cc(-c3ccccc3C(F)(F)F)[nH]c(=O)c2)ccn1. The summed E-state index contributed by atoms with van der Waals surface area (Å²) in [6.45, 7) is 1.33. The van der Waals surface area contributed by atoms with Crippen LogP contribution < -0.4 is 10.9 Å². The Morgan fingerprint density at radius 3 is 2.52 bits per heavy atom. The average molecular weight is 373 g/mol. The lowest BCUT2D eigenvalue weighted by molar-refractivity contribution is -0.137. The molecule has 27 heavy (non-hydrogen) atoms. The smallest absolute Gasteiger partial charge is 0.322 e. The van der Waals surface area contributed by atoms with Gasteiger partial charge in [-0.2, -0.15) is 13.2 Å². The van der Waals surface area contributed by atoms with E-state index < -0.39 is 17.3 Å². The fraction of sp³-hybridized carbons (Fsp3) is 0.105. The molecule has 2 heterocycles. The first-order valence-corrected chi connectivity index (χ1v) is 7.89. The van der Waals surface area contributed by atoms with Crippen molar-refractivity contribution in [2.24, 2.45) is 0 Å². The minimum Gasteiger partial charge on any atom is -0.322 e. The summed E-state index contributed by atoms with van der Waals surface area (Å²) in [5.74, 6) is -0.0390. The molecule has 2 aromatic heterocycles. The highest BCUT2D eigenvalue weighted by atomic mass is 19.4. The molecule has 0 aliphatic carbocycles. The first kappa shape index (κ1) is 18.4. The van der Waals surface area contributed by atoms with E-state index in [9.17, 15) is 22.8 Å². The average Bonchev–Trinajstić information content (AvgIpc) is 2.60. The van der Waals surface area contributed by atoms with Crippen LogP contribution in [-0.2, 0) is 11.0 Å². The third-order valence-corrected chi connectivity index (χ3v) is 3.76. The number of nitrogens with zero attached hydrogens (tertiary/aromatic N) is 1. The number of amides is 1. The van der Waals surface area contributed by atoms with E-state index in [0.717, 1.165) is 6.07 Å². The fourth-order valence-electron chi connectivity index (χ4n) is 2.68. The number of aromatic amines is 1. The molecule has 0 aliphatic heterocycles. The molecule has 0 bridgehead atoms. The van der Waals surface area contributed by atoms with Crippen LogP contribution in [0.3, 0.4) is 0 Å². The second-order valence-electron chi connectivity index (χ2n) is 5.80. The standard InChI is InChI=1S/C19H14F3N3O2/c1-11(26)24-17-9-12(6-7-23-17)13-8-16(25-18(27)10-13)14-4-2-3-5-15(14)19(20,21)22/h2-10H,1H3,(H,25,27)(H,23,24,26). The highest BCUT2D eigenvalue weighted by Crippen LogP contribution is 2.36. The summed E-state index contributed by atoms with van der Waals surface area (Å²) < 4.78 is 39.9. The summed E-state index contributed by atoms with van der Waals surface area (Å²) in [5.41, 5.74) is -0.530. The molecule has 5 nitrogen and oxygen atoms in total. The Bertz CT molecular complexity index is 1060. The highest BCUT2D eigenvalue weighted by molar-refractivity contribution is 5.88. The molecular weight excluding hydrogens is 359 g/mol. The predicted octanol–water partition coefficient (Wildman–Crippen LogP) is 4.08. The van der Waals surface area contributed by atoms with Crippen LogP contribution in [-0.4, -0.2) is 15.9 Å². The molecule has 0 fully saturated rings. The quantitative estimate of drug-likeness (QED) is 0.726. The summed E-state index contributed by atoms with van der Waals surface area (Å²) >= 11 is 0. The van der Waals surface area contributed by atoms with Crippen LogP contribution in [0.15, 0.2) is 59.5 Å². The van der Waals surface area contributed by atoms with E-state index in [-0.39, 0.29) is 23.0 Å². The molecule has 0 saturated carbocycles. The Kier molecular flexibility index (Phi) is 4.81. The van der Waals surface area contributed by atoms with Crippen molar-refractivity contribution in [1.82, 2.24) is 9.97 Å². The third-order valence-electron chi connectivity index (χ3n) is 3.76. The number of nitrogens with one attached hydrogen (secondary N) is 2. The van der Waals surface area contributed by atoms with Gasteiger partial charge in [-0.05, 0) is 35.4 Å². The van der Waals surface area contributed by atoms with Gasteiger partial charge in [-0.1, -0.05) is 18.2 Å². The number of hydrogen-bond donors (Lipinski definition) is 2. The number of H-pyrrole nitrogens is 1. The zero-order valence-electron chi connectivity index (χ0n) is 14.1. The van der Waals surface area contributed by atoms with Crippen LogP contribution in [0.5, 0.6) is 0 Å². The van der Waals surface area contributed by atoms with Crippen LogP contribution in [0.25, 0.3) is 22.4 Å². The summed E-state index contributed by atoms with van der Waals surface area (Å²) in [4.78, 5) is 29.7. The molecule has 0 spiro atoms. The molecular formula is C19H14F3N3O2. The molecule has 138 valence electrons. The summed E-state index contributed by atoms with van der Waals surface area (Å²) in [6, 6.07) is 10.9. The molecule has 0 radical (unpaired) electrons. The number of rotatable bonds is 3. The van der Waals surface area contributed by atoms with Crippen molar-refractivity contribution in [2.45, 2.75) is 13.1 Å². The lowest BCUT2D eigenvalue weighted by Crippen LogP contribution is -2.11. The second-order valence-corrected chi connectivity index (χ2v) is 5.80. The van der Waals surface area contributed by atoms with Gasteiger partial charge in [0.15, 0.2) is 0 Å². The number of benzene rings is 1. The molecule has 0 saturated heterocycles. The largest absolute Gasteiger partial charge is 0.417 e. The summed E-state index contributed by atoms with van der Waals surface area (Å²) in [6.07, 6.45) is -3.12. The topological polar surface area (TPSA) is 74.8 Å². The van der Waals surface area contributed by atoms with E-state index >= 15 is 0 Å². The molecule has 0 aliphatic rings. The van der Waals surface area contributed by atoms with Crippen LogP contribution in [0, 0.1) is 0 Å². The van der Waals surface area contributed by atoms with Gasteiger partial charge < -0.3 is 10.3 Å². The number of aromatic nitrogens is 2. The van der Waals surface area contributed by atoms with Gasteiger partial charge in [-0.3, -0.25) is 9.59 Å². The van der Waals surface area contributed by atoms with Gasteiger partial charge in [0.2, 0.25) is 11.5 Å². The first-order chi connectivity index (χ1) is 12.7. The van der Waals surface area contributed by atoms with Crippen LogP contribution >= 0.6 is 0 Å². The van der Waals surface area contributed by atoms with Crippen molar-refractivity contribution in [3.8, 4) is 22.4 Å². The van der Waals surface area contributed by atoms with E-state index in [2.05, 4.69) is 15.3 Å². The molecule has 2 N–H and O–H groups in total. The molecule has 1 amide bonds. The van der Waals surface area contributed by atoms with Crippen molar-refractivity contribution in [1.29, 1.82) is 0 Å². The molecule has 0 unspecified atom stereocenters. The Morgan fingerprint density at radius 2 is 1.81 bits per heavy atom. The van der Waals surface area contributed by atoms with Gasteiger partial charge >= 0.3 is 6.18 Å². The van der Waals surface area contributed by atoms with Crippen molar-refractivity contribution < 1.29 is 18.0 Å². The van der Waals surface area contributed by atoms with E-state index in [0.29, 0.717) is 11.1 Å². The van der Waals surface area contributed by atoms with E-state index in [1.54, 1.807) is 6.07 Å². The minimum absolute atomic E-state index is 0.0447. The number of carbonyl (C=O) groups is 1. The van der Waals surface area contributed by atoms with E-state index in [4.69, 9.17) is 0 Å². The molecule has 8 heteroatoms. The van der Waals surface area contributed by atoms with Crippen molar-refractivity contribution in [3.05, 3.63) is 70.6 Å². The lowest BCUT2D eigenvalue weighted by atomic mass is 10.0. The van der Waals surface area contributed by atoms with Gasteiger partial charge in [0.1, 0.15) is 5.82 Å². The number of carbonyl (C=O) groups excluding carboxylic acids is 1. The van der Waals surface area contributed by atoms with Crippen LogP contribution in [0.4, 0.5) is 19.0 Å². The van der Waals surface area contributed by atoms with Gasteiger partial charge in [-0.15, -0.1) is 0 Å². The molecule has 0 atom stereocenters. The van der Waals surface area contributed by atoms with Crippen molar-refractivity contribution in [2.75, 3.05) is 5.32 Å². The maximum atomic E-state index is 13.3. The number of anilines is 1. The summed E-state index contributed by atoms with van der Waals surface area (Å²) in [7, 11) is 0. The normalized spacial score (nSPS) is 11.3. The van der Waals surface area contributed by atoms with E-state index in [1.807, 2.05) is 0 Å². The minimum atomic E-state index is -4.56. The fourth-order valence-corrected chi connectivity index (χ4v) is 2.68.